The second-order valence-corrected chi connectivity index (χ2v) is 6.04. The molecule has 0 radical (unpaired) electrons. The SMILES string of the molecule is O=C(CNC(=O)c1cccc(F)c1)NC1(C(=O)O)CCCCCC1. The Balaban J connectivity index is 1.94. The predicted molar refractivity (Wildman–Crippen MR) is 84.9 cm³/mol. The van der Waals surface area contributed by atoms with Crippen LogP contribution in [0, 0.1) is 5.82 Å². The van der Waals surface area contributed by atoms with Crippen molar-refractivity contribution in [3.8, 4) is 0 Å². The fourth-order valence-corrected chi connectivity index (χ4v) is 2.93. The van der Waals surface area contributed by atoms with Gasteiger partial charge in [0.1, 0.15) is 11.4 Å². The van der Waals surface area contributed by atoms with Crippen LogP contribution in [0.15, 0.2) is 24.3 Å². The number of carboxylic acid groups (broad SMARTS) is 1. The molecule has 0 atom stereocenters. The molecule has 2 amide bonds. The van der Waals surface area contributed by atoms with Crippen molar-refractivity contribution in [3.63, 3.8) is 0 Å². The fourth-order valence-electron chi connectivity index (χ4n) is 2.93. The molecule has 0 heterocycles. The lowest BCUT2D eigenvalue weighted by atomic mass is 9.90. The van der Waals surface area contributed by atoms with E-state index < -0.39 is 29.1 Å². The number of carbonyl (C=O) groups excluding carboxylic acids is 2. The van der Waals surface area contributed by atoms with E-state index in [1.54, 1.807) is 0 Å². The summed E-state index contributed by atoms with van der Waals surface area (Å²) in [6.45, 7) is -0.357. The minimum Gasteiger partial charge on any atom is -0.480 e. The van der Waals surface area contributed by atoms with Crippen LogP contribution in [0.3, 0.4) is 0 Å². The van der Waals surface area contributed by atoms with Crippen LogP contribution in [-0.4, -0.2) is 35.0 Å². The van der Waals surface area contributed by atoms with Crippen LogP contribution in [0.25, 0.3) is 0 Å². The molecule has 1 aliphatic rings. The van der Waals surface area contributed by atoms with Crippen molar-refractivity contribution < 1.29 is 23.9 Å². The number of benzene rings is 1. The molecule has 0 saturated heterocycles. The average molecular weight is 336 g/mol. The molecule has 3 N–H and O–H groups in total. The third-order valence-corrected chi connectivity index (χ3v) is 4.24. The molecule has 1 fully saturated rings. The van der Waals surface area contributed by atoms with Gasteiger partial charge in [-0.2, -0.15) is 0 Å². The van der Waals surface area contributed by atoms with Crippen LogP contribution < -0.4 is 10.6 Å². The van der Waals surface area contributed by atoms with E-state index in [4.69, 9.17) is 0 Å². The molecule has 24 heavy (non-hydrogen) atoms. The zero-order valence-corrected chi connectivity index (χ0v) is 13.3. The van der Waals surface area contributed by atoms with E-state index >= 15 is 0 Å². The summed E-state index contributed by atoms with van der Waals surface area (Å²) in [7, 11) is 0. The van der Waals surface area contributed by atoms with Gasteiger partial charge in [-0.25, -0.2) is 9.18 Å². The molecule has 0 bridgehead atoms. The van der Waals surface area contributed by atoms with E-state index in [2.05, 4.69) is 10.6 Å². The van der Waals surface area contributed by atoms with Gasteiger partial charge < -0.3 is 15.7 Å². The predicted octanol–water partition coefficient (Wildman–Crippen LogP) is 1.85. The Morgan fingerprint density at radius 1 is 1.12 bits per heavy atom. The van der Waals surface area contributed by atoms with Gasteiger partial charge in [-0.15, -0.1) is 0 Å². The number of aliphatic carboxylic acids is 1. The smallest absolute Gasteiger partial charge is 0.329 e. The number of rotatable bonds is 5. The first-order chi connectivity index (χ1) is 11.4. The maximum absolute atomic E-state index is 13.1. The highest BCUT2D eigenvalue weighted by Gasteiger charge is 2.39. The highest BCUT2D eigenvalue weighted by molar-refractivity contribution is 5.97. The van der Waals surface area contributed by atoms with Gasteiger partial charge >= 0.3 is 5.97 Å². The van der Waals surface area contributed by atoms with Gasteiger partial charge in [0, 0.05) is 5.56 Å². The third-order valence-electron chi connectivity index (χ3n) is 4.24. The van der Waals surface area contributed by atoms with Gasteiger partial charge in [0.15, 0.2) is 0 Å². The van der Waals surface area contributed by atoms with Crippen molar-refractivity contribution in [2.24, 2.45) is 0 Å². The molecular weight excluding hydrogens is 315 g/mol. The van der Waals surface area contributed by atoms with Gasteiger partial charge in [0.2, 0.25) is 5.91 Å². The third kappa shape index (κ3) is 4.53. The lowest BCUT2D eigenvalue weighted by Crippen LogP contribution is -2.56. The fraction of sp³-hybridized carbons (Fsp3) is 0.471. The van der Waals surface area contributed by atoms with Gasteiger partial charge in [0.05, 0.1) is 6.54 Å². The largest absolute Gasteiger partial charge is 0.480 e. The van der Waals surface area contributed by atoms with Crippen molar-refractivity contribution in [2.75, 3.05) is 6.54 Å². The van der Waals surface area contributed by atoms with Gasteiger partial charge in [-0.1, -0.05) is 31.7 Å². The maximum Gasteiger partial charge on any atom is 0.329 e. The monoisotopic (exact) mass is 336 g/mol. The summed E-state index contributed by atoms with van der Waals surface area (Å²) in [6.07, 6.45) is 4.13. The zero-order chi connectivity index (χ0) is 17.6. The first kappa shape index (κ1) is 17.9. The van der Waals surface area contributed by atoms with Crippen LogP contribution in [0.1, 0.15) is 48.9 Å². The van der Waals surface area contributed by atoms with Crippen molar-refractivity contribution in [3.05, 3.63) is 35.6 Å². The van der Waals surface area contributed by atoms with E-state index in [9.17, 15) is 23.9 Å². The lowest BCUT2D eigenvalue weighted by molar-refractivity contribution is -0.148. The summed E-state index contributed by atoms with van der Waals surface area (Å²) in [4.78, 5) is 35.6. The molecule has 0 unspecified atom stereocenters. The first-order valence-corrected chi connectivity index (χ1v) is 8.01. The molecule has 130 valence electrons. The Bertz CT molecular complexity index is 625. The zero-order valence-electron chi connectivity index (χ0n) is 13.3. The van der Waals surface area contributed by atoms with E-state index in [1.807, 2.05) is 0 Å². The van der Waals surface area contributed by atoms with E-state index in [0.29, 0.717) is 12.8 Å². The molecule has 0 aliphatic heterocycles. The minimum absolute atomic E-state index is 0.102. The Morgan fingerprint density at radius 3 is 2.38 bits per heavy atom. The topological polar surface area (TPSA) is 95.5 Å². The second-order valence-electron chi connectivity index (χ2n) is 6.04. The second kappa shape index (κ2) is 7.90. The Morgan fingerprint density at radius 2 is 1.79 bits per heavy atom. The summed E-state index contributed by atoms with van der Waals surface area (Å²) in [5.41, 5.74) is -1.16. The molecule has 7 heteroatoms. The lowest BCUT2D eigenvalue weighted by Gasteiger charge is -2.29. The summed E-state index contributed by atoms with van der Waals surface area (Å²) in [5.74, 6) is -2.75. The molecule has 6 nitrogen and oxygen atoms in total. The molecule has 1 aliphatic carbocycles. The van der Waals surface area contributed by atoms with Crippen LogP contribution >= 0.6 is 0 Å². The highest BCUT2D eigenvalue weighted by atomic mass is 19.1. The van der Waals surface area contributed by atoms with Crippen LogP contribution in [0.5, 0.6) is 0 Å². The molecular formula is C17H21FN2O4. The number of halogens is 1. The number of amides is 2. The van der Waals surface area contributed by atoms with Crippen molar-refractivity contribution in [1.82, 2.24) is 10.6 Å². The highest BCUT2D eigenvalue weighted by Crippen LogP contribution is 2.27. The number of hydrogen-bond donors (Lipinski definition) is 3. The minimum atomic E-state index is -1.27. The molecule has 0 aromatic heterocycles. The number of carbonyl (C=O) groups is 3. The summed E-state index contributed by atoms with van der Waals surface area (Å²) in [6, 6.07) is 5.11. The molecule has 1 aromatic rings. The number of hydrogen-bond acceptors (Lipinski definition) is 3. The number of carboxylic acids is 1. The van der Waals surface area contributed by atoms with E-state index in [-0.39, 0.29) is 12.1 Å². The standard InChI is InChI=1S/C17H21FN2O4/c18-13-7-5-6-12(10-13)15(22)19-11-14(21)20-17(16(23)24)8-3-1-2-4-9-17/h5-7,10H,1-4,8-9,11H2,(H,19,22)(H,20,21)(H,23,24). The van der Waals surface area contributed by atoms with Crippen LogP contribution in [0.2, 0.25) is 0 Å². The Labute approximate surface area is 139 Å². The Kier molecular flexibility index (Phi) is 5.89. The van der Waals surface area contributed by atoms with Crippen molar-refractivity contribution in [1.29, 1.82) is 0 Å². The van der Waals surface area contributed by atoms with Gasteiger partial charge in [-0.05, 0) is 31.0 Å². The summed E-state index contributed by atoms with van der Waals surface area (Å²) < 4.78 is 13.1. The Hall–Kier alpha value is -2.44. The van der Waals surface area contributed by atoms with E-state index in [1.165, 1.54) is 18.2 Å². The summed E-state index contributed by atoms with van der Waals surface area (Å²) >= 11 is 0. The van der Waals surface area contributed by atoms with Gasteiger partial charge in [-0.3, -0.25) is 9.59 Å². The normalized spacial score (nSPS) is 16.7. The average Bonchev–Trinajstić information content (AvgIpc) is 2.79. The van der Waals surface area contributed by atoms with Crippen molar-refractivity contribution >= 4 is 17.8 Å². The van der Waals surface area contributed by atoms with Crippen LogP contribution in [0.4, 0.5) is 4.39 Å². The van der Waals surface area contributed by atoms with Crippen LogP contribution in [-0.2, 0) is 9.59 Å². The molecule has 2 rings (SSSR count). The summed E-state index contributed by atoms with van der Waals surface area (Å²) in [5, 5.41) is 14.4. The maximum atomic E-state index is 13.1. The molecule has 0 spiro atoms. The van der Waals surface area contributed by atoms with Crippen molar-refractivity contribution in [2.45, 2.75) is 44.1 Å². The quantitative estimate of drug-likeness (QED) is 0.715. The molecule has 1 aromatic carbocycles. The number of nitrogens with one attached hydrogen (secondary N) is 2. The molecule has 1 saturated carbocycles. The van der Waals surface area contributed by atoms with E-state index in [0.717, 1.165) is 31.7 Å². The first-order valence-electron chi connectivity index (χ1n) is 8.01. The van der Waals surface area contributed by atoms with Gasteiger partial charge in [0.25, 0.3) is 5.91 Å².